The zero-order valence-corrected chi connectivity index (χ0v) is 13.0. The van der Waals surface area contributed by atoms with Gasteiger partial charge in [0.1, 0.15) is 18.4 Å². The molecule has 0 spiro atoms. The van der Waals surface area contributed by atoms with E-state index in [9.17, 15) is 9.59 Å². The number of benzene rings is 1. The highest BCUT2D eigenvalue weighted by Gasteiger charge is 2.21. The largest absolute Gasteiger partial charge is 0.492 e. The van der Waals surface area contributed by atoms with Gasteiger partial charge < -0.3 is 14.8 Å². The normalized spacial score (nSPS) is 12.0. The molecule has 0 radical (unpaired) electrons. The molecule has 1 aromatic rings. The molecule has 0 aliphatic carbocycles. The lowest BCUT2D eigenvalue weighted by Crippen LogP contribution is -2.43. The fraction of sp³-hybridized carbons (Fsp3) is 0.500. The van der Waals surface area contributed by atoms with Crippen LogP contribution in [0.1, 0.15) is 31.1 Å². The van der Waals surface area contributed by atoms with E-state index in [1.165, 1.54) is 14.0 Å². The molecule has 116 valence electrons. The molecule has 1 rings (SSSR count). The van der Waals surface area contributed by atoms with Gasteiger partial charge in [-0.25, -0.2) is 0 Å². The summed E-state index contributed by atoms with van der Waals surface area (Å²) in [4.78, 5) is 23.1. The van der Waals surface area contributed by atoms with E-state index in [-0.39, 0.29) is 23.7 Å². The Kier molecular flexibility index (Phi) is 6.88. The average Bonchev–Trinajstić information content (AvgIpc) is 2.46. The van der Waals surface area contributed by atoms with Crippen LogP contribution >= 0.6 is 0 Å². The number of para-hydroxylation sites is 1. The fourth-order valence-electron chi connectivity index (χ4n) is 1.98. The first-order valence-corrected chi connectivity index (χ1v) is 7.01. The number of carbonyl (C=O) groups is 2. The van der Waals surface area contributed by atoms with E-state index < -0.39 is 0 Å². The van der Waals surface area contributed by atoms with Crippen molar-refractivity contribution in [1.82, 2.24) is 5.32 Å². The van der Waals surface area contributed by atoms with Crippen LogP contribution in [0.2, 0.25) is 0 Å². The Morgan fingerprint density at radius 3 is 2.48 bits per heavy atom. The van der Waals surface area contributed by atoms with E-state index in [0.717, 1.165) is 0 Å². The van der Waals surface area contributed by atoms with Crippen LogP contribution in [0.15, 0.2) is 24.3 Å². The zero-order chi connectivity index (χ0) is 15.8. The monoisotopic (exact) mass is 293 g/mol. The zero-order valence-electron chi connectivity index (χ0n) is 13.0. The number of carbonyl (C=O) groups excluding carboxylic acids is 2. The van der Waals surface area contributed by atoms with Gasteiger partial charge in [-0.1, -0.05) is 26.0 Å². The van der Waals surface area contributed by atoms with Crippen LogP contribution in [-0.2, 0) is 9.53 Å². The lowest BCUT2D eigenvalue weighted by atomic mass is 10.1. The summed E-state index contributed by atoms with van der Waals surface area (Å²) in [6.45, 7) is 6.25. The van der Waals surface area contributed by atoms with Crippen molar-refractivity contribution in [2.45, 2.75) is 26.8 Å². The minimum absolute atomic E-state index is 0.0341. The van der Waals surface area contributed by atoms with Crippen LogP contribution in [0.4, 0.5) is 0 Å². The number of nitrogens with one attached hydrogen (secondary N) is 1. The molecular weight excluding hydrogens is 270 g/mol. The highest BCUT2D eigenvalue weighted by atomic mass is 16.5. The van der Waals surface area contributed by atoms with Crippen LogP contribution in [0.5, 0.6) is 5.75 Å². The van der Waals surface area contributed by atoms with Gasteiger partial charge in [-0.3, -0.25) is 9.59 Å². The van der Waals surface area contributed by atoms with Crippen molar-refractivity contribution in [1.29, 1.82) is 0 Å². The molecule has 0 aliphatic heterocycles. The number of methoxy groups -OCH3 is 1. The van der Waals surface area contributed by atoms with Gasteiger partial charge in [-0.15, -0.1) is 0 Å². The van der Waals surface area contributed by atoms with Gasteiger partial charge in [0.2, 0.25) is 0 Å². The summed E-state index contributed by atoms with van der Waals surface area (Å²) in [5.41, 5.74) is 0.561. The second-order valence-corrected chi connectivity index (χ2v) is 5.10. The molecule has 5 heteroatoms. The van der Waals surface area contributed by atoms with E-state index >= 15 is 0 Å². The molecule has 21 heavy (non-hydrogen) atoms. The summed E-state index contributed by atoms with van der Waals surface area (Å²) in [5, 5.41) is 3.10. The molecule has 0 fully saturated rings. The van der Waals surface area contributed by atoms with Gasteiger partial charge in [-0.2, -0.15) is 0 Å². The second kappa shape index (κ2) is 8.42. The molecule has 0 amide bonds. The molecule has 0 saturated carbocycles. The molecule has 0 aliphatic rings. The standard InChI is InChI=1S/C16H23NO4/c1-11(2)15(16(19)20-4)17-9-10-21-14-8-6-5-7-13(14)12(3)18/h5-8,11,15,17H,9-10H2,1-4H3. The van der Waals surface area contributed by atoms with E-state index in [4.69, 9.17) is 9.47 Å². The van der Waals surface area contributed by atoms with Gasteiger partial charge >= 0.3 is 5.97 Å². The van der Waals surface area contributed by atoms with Crippen LogP contribution in [0.25, 0.3) is 0 Å². The number of rotatable bonds is 8. The molecule has 1 unspecified atom stereocenters. The summed E-state index contributed by atoms with van der Waals surface area (Å²) in [5.74, 6) is 0.371. The van der Waals surface area contributed by atoms with Crippen LogP contribution in [-0.4, -0.2) is 38.1 Å². The van der Waals surface area contributed by atoms with Gasteiger partial charge in [0.05, 0.1) is 12.7 Å². The molecular formula is C16H23NO4. The number of esters is 1. The molecule has 5 nitrogen and oxygen atoms in total. The summed E-state index contributed by atoms with van der Waals surface area (Å²) in [6, 6.07) is 6.75. The first-order chi connectivity index (χ1) is 9.97. The number of Topliss-reactive ketones (excluding diaryl/α,β-unsaturated/α-hetero) is 1. The lowest BCUT2D eigenvalue weighted by Gasteiger charge is -2.20. The number of hydrogen-bond donors (Lipinski definition) is 1. The first-order valence-electron chi connectivity index (χ1n) is 7.01. The second-order valence-electron chi connectivity index (χ2n) is 5.10. The molecule has 0 bridgehead atoms. The first kappa shape index (κ1) is 17.2. The quantitative estimate of drug-likeness (QED) is 0.451. The molecule has 0 saturated heterocycles. The van der Waals surface area contributed by atoms with Crippen molar-refractivity contribution >= 4 is 11.8 Å². The average molecular weight is 293 g/mol. The van der Waals surface area contributed by atoms with Crippen LogP contribution in [0.3, 0.4) is 0 Å². The van der Waals surface area contributed by atoms with Gasteiger partial charge in [0, 0.05) is 6.54 Å². The number of ketones is 1. The van der Waals surface area contributed by atoms with E-state index in [1.807, 2.05) is 19.9 Å². The summed E-state index contributed by atoms with van der Waals surface area (Å²) in [6.07, 6.45) is 0. The minimum atomic E-state index is -0.360. The van der Waals surface area contributed by atoms with Crippen molar-refractivity contribution in [2.24, 2.45) is 5.92 Å². The summed E-state index contributed by atoms with van der Waals surface area (Å²) in [7, 11) is 1.37. The predicted octanol–water partition coefficient (Wildman–Crippen LogP) is 2.06. The molecule has 0 heterocycles. The molecule has 1 N–H and O–H groups in total. The van der Waals surface area contributed by atoms with Crippen molar-refractivity contribution in [3.8, 4) is 5.75 Å². The smallest absolute Gasteiger partial charge is 0.323 e. The highest BCUT2D eigenvalue weighted by molar-refractivity contribution is 5.96. The third-order valence-corrected chi connectivity index (χ3v) is 3.11. The SMILES string of the molecule is COC(=O)C(NCCOc1ccccc1C(C)=O)C(C)C. The molecule has 1 aromatic carbocycles. The van der Waals surface area contributed by atoms with Crippen molar-refractivity contribution < 1.29 is 19.1 Å². The molecule has 1 atom stereocenters. The Balaban J connectivity index is 2.50. The Labute approximate surface area is 125 Å². The van der Waals surface area contributed by atoms with Gasteiger partial charge in [0.25, 0.3) is 0 Å². The van der Waals surface area contributed by atoms with Crippen molar-refractivity contribution in [3.63, 3.8) is 0 Å². The van der Waals surface area contributed by atoms with Crippen LogP contribution in [0, 0.1) is 5.92 Å². The Morgan fingerprint density at radius 2 is 1.90 bits per heavy atom. The minimum Gasteiger partial charge on any atom is -0.492 e. The van der Waals surface area contributed by atoms with Crippen molar-refractivity contribution in [2.75, 3.05) is 20.3 Å². The number of ether oxygens (including phenoxy) is 2. The third-order valence-electron chi connectivity index (χ3n) is 3.11. The molecule has 0 aromatic heterocycles. The maximum atomic E-state index is 11.6. The van der Waals surface area contributed by atoms with E-state index in [2.05, 4.69) is 5.32 Å². The summed E-state index contributed by atoms with van der Waals surface area (Å²) < 4.78 is 10.4. The fourth-order valence-corrected chi connectivity index (χ4v) is 1.98. The van der Waals surface area contributed by atoms with Gasteiger partial charge in [-0.05, 0) is 25.0 Å². The topological polar surface area (TPSA) is 64.6 Å². The highest BCUT2D eigenvalue weighted by Crippen LogP contribution is 2.18. The Hall–Kier alpha value is -1.88. The lowest BCUT2D eigenvalue weighted by molar-refractivity contribution is -0.144. The van der Waals surface area contributed by atoms with Gasteiger partial charge in [0.15, 0.2) is 5.78 Å². The third kappa shape index (κ3) is 5.19. The summed E-state index contributed by atoms with van der Waals surface area (Å²) >= 11 is 0. The van der Waals surface area contributed by atoms with Crippen LogP contribution < -0.4 is 10.1 Å². The maximum Gasteiger partial charge on any atom is 0.323 e. The Morgan fingerprint density at radius 1 is 1.24 bits per heavy atom. The van der Waals surface area contributed by atoms with Crippen molar-refractivity contribution in [3.05, 3.63) is 29.8 Å². The maximum absolute atomic E-state index is 11.6. The van der Waals surface area contributed by atoms with E-state index in [1.54, 1.807) is 18.2 Å². The number of hydrogen-bond acceptors (Lipinski definition) is 5. The van der Waals surface area contributed by atoms with E-state index in [0.29, 0.717) is 24.5 Å². The Bertz CT molecular complexity index is 485. The predicted molar refractivity (Wildman–Crippen MR) is 80.6 cm³/mol.